The fourth-order valence-corrected chi connectivity index (χ4v) is 2.71. The normalized spacial score (nSPS) is 12.8. The molecule has 0 aliphatic rings. The van der Waals surface area contributed by atoms with Crippen LogP contribution in [-0.4, -0.2) is 18.7 Å². The van der Waals surface area contributed by atoms with Gasteiger partial charge in [0.25, 0.3) is 0 Å². The fraction of sp³-hybridized carbons (Fsp3) is 0.533. The maximum absolute atomic E-state index is 11.9. The average molecular weight is 379 g/mol. The maximum Gasteiger partial charge on any atom is 0.408 e. The van der Waals surface area contributed by atoms with Gasteiger partial charge in [-0.3, -0.25) is 0 Å². The first-order valence-electron chi connectivity index (χ1n) is 6.58. The number of benzene rings is 1. The van der Waals surface area contributed by atoms with Crippen molar-refractivity contribution in [2.75, 3.05) is 7.11 Å². The Morgan fingerprint density at radius 2 is 2.00 bits per heavy atom. The van der Waals surface area contributed by atoms with Gasteiger partial charge >= 0.3 is 6.09 Å². The lowest BCUT2D eigenvalue weighted by molar-refractivity contribution is 0.0987. The van der Waals surface area contributed by atoms with Gasteiger partial charge in [-0.1, -0.05) is 11.6 Å². The zero-order chi connectivity index (χ0) is 16.4. The molecule has 0 aliphatic carbocycles. The fourth-order valence-electron chi connectivity index (χ4n) is 1.78. The van der Waals surface area contributed by atoms with E-state index >= 15 is 0 Å². The number of carbonyl (C=O) groups excluding carboxylic acids is 1. The molecule has 0 bridgehead atoms. The van der Waals surface area contributed by atoms with Crippen molar-refractivity contribution in [2.45, 2.75) is 46.3 Å². The molecule has 21 heavy (non-hydrogen) atoms. The Bertz CT molecular complexity index is 541. The molecular weight excluding hydrogens is 358 g/mol. The van der Waals surface area contributed by atoms with Crippen LogP contribution in [0.4, 0.5) is 4.79 Å². The van der Waals surface area contributed by atoms with Crippen LogP contribution in [0.25, 0.3) is 0 Å². The van der Waals surface area contributed by atoms with E-state index in [4.69, 9.17) is 21.1 Å². The van der Waals surface area contributed by atoms with Gasteiger partial charge in [0.15, 0.2) is 0 Å². The smallest absolute Gasteiger partial charge is 0.408 e. The summed E-state index contributed by atoms with van der Waals surface area (Å²) >= 11 is 9.65. The average Bonchev–Trinajstić information content (AvgIpc) is 2.33. The molecule has 0 saturated carbocycles. The molecule has 4 nitrogen and oxygen atoms in total. The Kier molecular flexibility index (Phi) is 5.93. The molecule has 0 fully saturated rings. The zero-order valence-electron chi connectivity index (χ0n) is 13.1. The van der Waals surface area contributed by atoms with Crippen LogP contribution in [0.1, 0.15) is 44.9 Å². The number of hydrogen-bond donors (Lipinski definition) is 1. The number of halogens is 2. The number of ether oxygens (including phenoxy) is 2. The van der Waals surface area contributed by atoms with E-state index in [-0.39, 0.29) is 5.54 Å². The van der Waals surface area contributed by atoms with E-state index in [9.17, 15) is 4.79 Å². The molecule has 0 saturated heterocycles. The molecule has 118 valence electrons. The van der Waals surface area contributed by atoms with Gasteiger partial charge in [-0.25, -0.2) is 4.79 Å². The van der Waals surface area contributed by atoms with Crippen molar-refractivity contribution in [3.05, 3.63) is 26.7 Å². The number of carbonyl (C=O) groups is 1. The number of nitrogens with one attached hydrogen (secondary N) is 1. The van der Waals surface area contributed by atoms with Crippen molar-refractivity contribution in [1.82, 2.24) is 5.32 Å². The van der Waals surface area contributed by atoms with Gasteiger partial charge in [0.1, 0.15) is 11.9 Å². The second-order valence-corrected chi connectivity index (χ2v) is 7.04. The second-order valence-electron chi connectivity index (χ2n) is 5.84. The van der Waals surface area contributed by atoms with E-state index in [2.05, 4.69) is 21.2 Å². The van der Waals surface area contributed by atoms with Gasteiger partial charge < -0.3 is 14.8 Å². The van der Waals surface area contributed by atoms with Crippen LogP contribution in [0, 0.1) is 6.92 Å². The van der Waals surface area contributed by atoms with E-state index < -0.39 is 12.2 Å². The number of alkyl carbamates (subject to hydrolysis) is 1. The number of rotatable bonds is 3. The Morgan fingerprint density at radius 1 is 1.43 bits per heavy atom. The van der Waals surface area contributed by atoms with Crippen LogP contribution < -0.4 is 10.1 Å². The number of hydrogen-bond acceptors (Lipinski definition) is 3. The van der Waals surface area contributed by atoms with Crippen molar-refractivity contribution in [2.24, 2.45) is 0 Å². The molecule has 1 N–H and O–H groups in total. The van der Waals surface area contributed by atoms with Crippen molar-refractivity contribution in [3.63, 3.8) is 0 Å². The van der Waals surface area contributed by atoms with E-state index in [0.29, 0.717) is 16.3 Å². The van der Waals surface area contributed by atoms with Crippen molar-refractivity contribution >= 4 is 33.6 Å². The summed E-state index contributed by atoms with van der Waals surface area (Å²) in [5.74, 6) is 0.618. The highest BCUT2D eigenvalue weighted by Gasteiger charge is 2.22. The summed E-state index contributed by atoms with van der Waals surface area (Å²) in [6, 6.07) is 1.76. The summed E-state index contributed by atoms with van der Waals surface area (Å²) in [4.78, 5) is 11.9. The molecule has 0 aliphatic heterocycles. The highest BCUT2D eigenvalue weighted by Crippen LogP contribution is 2.40. The number of amides is 1. The second kappa shape index (κ2) is 6.88. The first-order chi connectivity index (χ1) is 9.56. The molecule has 0 radical (unpaired) electrons. The molecule has 1 atom stereocenters. The minimum absolute atomic E-state index is 0.355. The van der Waals surface area contributed by atoms with E-state index in [1.54, 1.807) is 20.1 Å². The predicted molar refractivity (Wildman–Crippen MR) is 88.2 cm³/mol. The first kappa shape index (κ1) is 18.1. The molecule has 0 heterocycles. The molecular formula is C15H21BrClNO3. The van der Waals surface area contributed by atoms with Gasteiger partial charge in [0.2, 0.25) is 0 Å². The lowest BCUT2D eigenvalue weighted by Crippen LogP contribution is -2.41. The van der Waals surface area contributed by atoms with Gasteiger partial charge in [-0.05, 0) is 62.2 Å². The predicted octanol–water partition coefficient (Wildman–Crippen LogP) is 5.01. The van der Waals surface area contributed by atoms with Gasteiger partial charge in [-0.2, -0.15) is 0 Å². The zero-order valence-corrected chi connectivity index (χ0v) is 15.5. The SMILES string of the molecule is COc1c(C(C)OC(=O)NC(C)(C)C)cc(Cl)c(C)c1Br. The summed E-state index contributed by atoms with van der Waals surface area (Å²) in [7, 11) is 1.57. The minimum atomic E-state index is -0.489. The molecule has 1 aromatic rings. The summed E-state index contributed by atoms with van der Waals surface area (Å²) in [5.41, 5.74) is 1.24. The highest BCUT2D eigenvalue weighted by molar-refractivity contribution is 9.10. The lowest BCUT2D eigenvalue weighted by atomic mass is 10.1. The van der Waals surface area contributed by atoms with E-state index in [1.807, 2.05) is 27.7 Å². The molecule has 6 heteroatoms. The van der Waals surface area contributed by atoms with Crippen LogP contribution in [0.5, 0.6) is 5.75 Å². The minimum Gasteiger partial charge on any atom is -0.495 e. The van der Waals surface area contributed by atoms with Crippen molar-refractivity contribution in [3.8, 4) is 5.75 Å². The highest BCUT2D eigenvalue weighted by atomic mass is 79.9. The van der Waals surface area contributed by atoms with Crippen LogP contribution in [0.3, 0.4) is 0 Å². The third-order valence-corrected chi connectivity index (χ3v) is 4.18. The van der Waals surface area contributed by atoms with Gasteiger partial charge in [0.05, 0.1) is 11.6 Å². The van der Waals surface area contributed by atoms with Crippen LogP contribution in [0.15, 0.2) is 10.5 Å². The lowest BCUT2D eigenvalue weighted by Gasteiger charge is -2.23. The van der Waals surface area contributed by atoms with Gasteiger partial charge in [0, 0.05) is 16.1 Å². The summed E-state index contributed by atoms with van der Waals surface area (Å²) in [5, 5.41) is 3.34. The third kappa shape index (κ3) is 4.78. The van der Waals surface area contributed by atoms with Gasteiger partial charge in [-0.15, -0.1) is 0 Å². The summed E-state index contributed by atoms with van der Waals surface area (Å²) in [6.45, 7) is 9.32. The Morgan fingerprint density at radius 3 is 2.48 bits per heavy atom. The largest absolute Gasteiger partial charge is 0.495 e. The monoisotopic (exact) mass is 377 g/mol. The topological polar surface area (TPSA) is 47.6 Å². The van der Waals surface area contributed by atoms with Crippen LogP contribution >= 0.6 is 27.5 Å². The molecule has 1 unspecified atom stereocenters. The molecule has 0 spiro atoms. The molecule has 1 amide bonds. The van der Waals surface area contributed by atoms with E-state index in [0.717, 1.165) is 10.0 Å². The standard InChI is InChI=1S/C15H21BrClNO3/c1-8-11(17)7-10(13(20-6)12(8)16)9(2)21-14(19)18-15(3,4)5/h7,9H,1-6H3,(H,18,19). The maximum atomic E-state index is 11.9. The summed E-state index contributed by atoms with van der Waals surface area (Å²) in [6.07, 6.45) is -0.971. The Hall–Kier alpha value is -0.940. The quantitative estimate of drug-likeness (QED) is 0.804. The number of methoxy groups -OCH3 is 1. The molecule has 0 aromatic heterocycles. The van der Waals surface area contributed by atoms with Crippen LogP contribution in [0.2, 0.25) is 5.02 Å². The van der Waals surface area contributed by atoms with Crippen LogP contribution in [-0.2, 0) is 4.74 Å². The first-order valence-corrected chi connectivity index (χ1v) is 7.75. The van der Waals surface area contributed by atoms with E-state index in [1.165, 1.54) is 0 Å². The Labute approximate surface area is 139 Å². The Balaban J connectivity index is 3.03. The van der Waals surface area contributed by atoms with Crippen molar-refractivity contribution < 1.29 is 14.3 Å². The molecule has 1 rings (SSSR count). The molecule has 1 aromatic carbocycles. The van der Waals surface area contributed by atoms with Crippen molar-refractivity contribution in [1.29, 1.82) is 0 Å². The summed E-state index contributed by atoms with van der Waals surface area (Å²) < 4.78 is 11.6. The third-order valence-electron chi connectivity index (χ3n) is 2.83.